The Morgan fingerprint density at radius 1 is 1.19 bits per heavy atom. The Morgan fingerprint density at radius 2 is 1.86 bits per heavy atom. The van der Waals surface area contributed by atoms with E-state index in [9.17, 15) is 14.9 Å². The van der Waals surface area contributed by atoms with Gasteiger partial charge in [-0.25, -0.2) is 0 Å². The summed E-state index contributed by atoms with van der Waals surface area (Å²) in [6.07, 6.45) is 4.90. The number of benzene rings is 1. The van der Waals surface area contributed by atoms with Gasteiger partial charge in [0.25, 0.3) is 11.5 Å². The molecule has 188 valence electrons. The normalized spacial score (nSPS) is 17.9. The van der Waals surface area contributed by atoms with E-state index in [4.69, 9.17) is 12.2 Å². The fraction of sp³-hybridized carbons (Fsp3) is 0.429. The minimum Gasteiger partial charge on any atom is -0.357 e. The number of carbonyl (C=O) groups is 1. The zero-order valence-corrected chi connectivity index (χ0v) is 22.9. The van der Waals surface area contributed by atoms with Gasteiger partial charge in [0.05, 0.1) is 4.91 Å². The number of hydrogen-bond donors (Lipinski definition) is 0. The van der Waals surface area contributed by atoms with E-state index in [2.05, 4.69) is 49.1 Å². The fourth-order valence-electron chi connectivity index (χ4n) is 5.04. The van der Waals surface area contributed by atoms with Crippen molar-refractivity contribution in [2.45, 2.75) is 40.0 Å². The van der Waals surface area contributed by atoms with Crippen LogP contribution in [-0.4, -0.2) is 39.3 Å². The maximum Gasteiger partial charge on any atom is 0.270 e. The lowest BCUT2D eigenvalue weighted by molar-refractivity contribution is -0.122. The second kappa shape index (κ2) is 11.0. The van der Waals surface area contributed by atoms with Gasteiger partial charge in [-0.05, 0) is 55.2 Å². The number of hydrogen-bond acceptors (Lipinski definition) is 6. The number of amides is 1. The summed E-state index contributed by atoms with van der Waals surface area (Å²) in [7, 11) is 1.72. The summed E-state index contributed by atoms with van der Waals surface area (Å²) >= 11 is 6.78. The first-order valence-electron chi connectivity index (χ1n) is 12.4. The largest absolute Gasteiger partial charge is 0.357 e. The summed E-state index contributed by atoms with van der Waals surface area (Å²) < 4.78 is 2.12. The van der Waals surface area contributed by atoms with Crippen LogP contribution in [0.4, 0.5) is 5.82 Å². The van der Waals surface area contributed by atoms with Crippen molar-refractivity contribution in [1.82, 2.24) is 9.47 Å². The molecule has 4 rings (SSSR count). The second-order valence-electron chi connectivity index (χ2n) is 10.0. The molecule has 3 heterocycles. The summed E-state index contributed by atoms with van der Waals surface area (Å²) in [6.45, 7) is 8.10. The van der Waals surface area contributed by atoms with Crippen LogP contribution < -0.4 is 10.5 Å². The van der Waals surface area contributed by atoms with Crippen molar-refractivity contribution in [3.05, 3.63) is 67.8 Å². The van der Waals surface area contributed by atoms with E-state index in [-0.39, 0.29) is 17.0 Å². The Hall–Kier alpha value is -2.89. The van der Waals surface area contributed by atoms with Crippen LogP contribution in [-0.2, 0) is 18.3 Å². The lowest BCUT2D eigenvalue weighted by Crippen LogP contribution is -2.39. The van der Waals surface area contributed by atoms with E-state index in [0.717, 1.165) is 43.7 Å². The molecule has 0 spiro atoms. The van der Waals surface area contributed by atoms with Gasteiger partial charge in [-0.2, -0.15) is 5.26 Å². The molecule has 0 N–H and O–H groups in total. The second-order valence-corrected chi connectivity index (χ2v) is 11.7. The third-order valence-corrected chi connectivity index (χ3v) is 8.32. The minimum absolute atomic E-state index is 0.113. The Balaban J connectivity index is 1.67. The molecule has 0 saturated carbocycles. The van der Waals surface area contributed by atoms with Crippen LogP contribution in [0.3, 0.4) is 0 Å². The molecule has 2 saturated heterocycles. The summed E-state index contributed by atoms with van der Waals surface area (Å²) in [5.41, 5.74) is 2.52. The van der Waals surface area contributed by atoms with E-state index in [0.29, 0.717) is 33.2 Å². The molecule has 8 heteroatoms. The van der Waals surface area contributed by atoms with Gasteiger partial charge in [-0.15, -0.1) is 0 Å². The van der Waals surface area contributed by atoms with Crippen LogP contribution in [0.2, 0.25) is 0 Å². The summed E-state index contributed by atoms with van der Waals surface area (Å²) in [5.74, 6) is 1.53. The predicted molar refractivity (Wildman–Crippen MR) is 151 cm³/mol. The van der Waals surface area contributed by atoms with E-state index in [1.54, 1.807) is 23.4 Å². The molecular weight excluding hydrogens is 488 g/mol. The number of carbonyl (C=O) groups excluding carboxylic acids is 1. The van der Waals surface area contributed by atoms with Gasteiger partial charge in [0.2, 0.25) is 0 Å². The van der Waals surface area contributed by atoms with Crippen molar-refractivity contribution in [2.24, 2.45) is 18.9 Å². The SMILES string of the molecule is Cc1c(/C=C2\SC(=S)N(CC(C)C)C2=O)c(N2CCC(Cc3ccccc3)CC2)n(C)c(=O)c1C#N. The number of thiocarbonyl (C=S) groups is 1. The number of nitrogens with zero attached hydrogens (tertiary/aromatic N) is 4. The molecule has 0 bridgehead atoms. The molecule has 6 nitrogen and oxygen atoms in total. The molecule has 0 aliphatic carbocycles. The first kappa shape index (κ1) is 26.2. The molecule has 2 aliphatic heterocycles. The van der Waals surface area contributed by atoms with Gasteiger partial charge in [0, 0.05) is 32.2 Å². The molecule has 1 amide bonds. The van der Waals surface area contributed by atoms with Crippen LogP contribution in [0.15, 0.2) is 40.0 Å². The fourth-order valence-corrected chi connectivity index (χ4v) is 6.30. The van der Waals surface area contributed by atoms with Crippen molar-refractivity contribution < 1.29 is 4.79 Å². The highest BCUT2D eigenvalue weighted by Crippen LogP contribution is 2.37. The number of thioether (sulfide) groups is 1. The van der Waals surface area contributed by atoms with Crippen LogP contribution in [0.25, 0.3) is 6.08 Å². The standard InChI is InChI=1S/C28H32N4O2S2/c1-18(2)17-32-27(34)24(36-28(32)35)15-22-19(3)23(16-29)26(33)30(4)25(22)31-12-10-21(11-13-31)14-20-8-6-5-7-9-20/h5-9,15,18,21H,10-14,17H2,1-4H3/b24-15-. The maximum atomic E-state index is 13.2. The lowest BCUT2D eigenvalue weighted by atomic mass is 9.90. The molecule has 1 aromatic carbocycles. The summed E-state index contributed by atoms with van der Waals surface area (Å²) in [6, 6.07) is 12.6. The minimum atomic E-state index is -0.305. The Labute approximate surface area is 222 Å². The number of pyridine rings is 1. The van der Waals surface area contributed by atoms with E-state index in [1.165, 1.54) is 17.3 Å². The number of piperidine rings is 1. The zero-order chi connectivity index (χ0) is 26.0. The molecule has 2 aromatic rings. The Bertz CT molecular complexity index is 1300. The highest BCUT2D eigenvalue weighted by atomic mass is 32.2. The maximum absolute atomic E-state index is 13.2. The van der Waals surface area contributed by atoms with Gasteiger partial charge >= 0.3 is 0 Å². The Morgan fingerprint density at radius 3 is 2.47 bits per heavy atom. The van der Waals surface area contributed by atoms with Crippen LogP contribution in [0, 0.1) is 30.1 Å². The molecule has 0 unspecified atom stereocenters. The van der Waals surface area contributed by atoms with Gasteiger partial charge in [-0.1, -0.05) is 68.2 Å². The topological polar surface area (TPSA) is 69.3 Å². The molecule has 2 fully saturated rings. The zero-order valence-electron chi connectivity index (χ0n) is 21.3. The number of anilines is 1. The highest BCUT2D eigenvalue weighted by Gasteiger charge is 2.33. The number of aromatic nitrogens is 1. The number of rotatable bonds is 6. The third kappa shape index (κ3) is 5.28. The van der Waals surface area contributed by atoms with Crippen LogP contribution >= 0.6 is 24.0 Å². The molecule has 36 heavy (non-hydrogen) atoms. The molecule has 0 radical (unpaired) electrons. The van der Waals surface area contributed by atoms with Crippen LogP contribution in [0.5, 0.6) is 0 Å². The quantitative estimate of drug-likeness (QED) is 0.399. The van der Waals surface area contributed by atoms with Gasteiger partial charge in [0.15, 0.2) is 0 Å². The van der Waals surface area contributed by atoms with Crippen molar-refractivity contribution in [3.8, 4) is 6.07 Å². The average molecular weight is 521 g/mol. The number of nitriles is 1. The van der Waals surface area contributed by atoms with Crippen molar-refractivity contribution in [3.63, 3.8) is 0 Å². The first-order chi connectivity index (χ1) is 17.2. The van der Waals surface area contributed by atoms with E-state index >= 15 is 0 Å². The van der Waals surface area contributed by atoms with Crippen molar-refractivity contribution in [2.75, 3.05) is 24.5 Å². The van der Waals surface area contributed by atoms with Crippen LogP contribution in [0.1, 0.15) is 48.9 Å². The Kier molecular flexibility index (Phi) is 8.01. The average Bonchev–Trinajstić information content (AvgIpc) is 3.11. The third-order valence-electron chi connectivity index (χ3n) is 6.95. The first-order valence-corrected chi connectivity index (χ1v) is 13.6. The predicted octanol–water partition coefficient (Wildman–Crippen LogP) is 4.88. The monoisotopic (exact) mass is 520 g/mol. The summed E-state index contributed by atoms with van der Waals surface area (Å²) in [4.78, 5) is 30.7. The van der Waals surface area contributed by atoms with E-state index < -0.39 is 0 Å². The highest BCUT2D eigenvalue weighted by molar-refractivity contribution is 8.26. The molecule has 1 aromatic heterocycles. The lowest BCUT2D eigenvalue weighted by Gasteiger charge is -2.36. The van der Waals surface area contributed by atoms with Crippen molar-refractivity contribution in [1.29, 1.82) is 5.26 Å². The molecule has 0 atom stereocenters. The van der Waals surface area contributed by atoms with Crippen molar-refractivity contribution >= 4 is 46.1 Å². The van der Waals surface area contributed by atoms with Gasteiger partial charge < -0.3 is 4.90 Å². The molecular formula is C28H32N4O2S2. The molecule has 2 aliphatic rings. The smallest absolute Gasteiger partial charge is 0.270 e. The van der Waals surface area contributed by atoms with Gasteiger partial charge in [-0.3, -0.25) is 19.1 Å². The summed E-state index contributed by atoms with van der Waals surface area (Å²) in [5, 5.41) is 9.72. The van der Waals surface area contributed by atoms with E-state index in [1.807, 2.05) is 12.1 Å². The van der Waals surface area contributed by atoms with Gasteiger partial charge in [0.1, 0.15) is 21.8 Å².